The second-order valence-corrected chi connectivity index (χ2v) is 9.24. The number of carbonyl (C=O) groups is 1. The van der Waals surface area contributed by atoms with Crippen molar-refractivity contribution in [1.82, 2.24) is 4.98 Å². The van der Waals surface area contributed by atoms with E-state index in [2.05, 4.69) is 11.4 Å². The van der Waals surface area contributed by atoms with Crippen molar-refractivity contribution in [2.45, 2.75) is 5.03 Å². The molecule has 0 radical (unpaired) electrons. The van der Waals surface area contributed by atoms with Crippen molar-refractivity contribution in [2.75, 3.05) is 18.2 Å². The number of amides is 1. The molecule has 1 aromatic heterocycles. The smallest absolute Gasteiger partial charge is 0.234 e. The van der Waals surface area contributed by atoms with Gasteiger partial charge in [0, 0.05) is 27.8 Å². The van der Waals surface area contributed by atoms with E-state index in [0.717, 1.165) is 33.3 Å². The number of pyridine rings is 1. The lowest BCUT2D eigenvalue weighted by Gasteiger charge is -2.15. The van der Waals surface area contributed by atoms with E-state index in [1.54, 1.807) is 7.11 Å². The van der Waals surface area contributed by atoms with Crippen LogP contribution >= 0.6 is 11.8 Å². The molecule has 0 aliphatic carbocycles. The number of aromatic nitrogens is 1. The maximum atomic E-state index is 13.0. The van der Waals surface area contributed by atoms with E-state index in [1.807, 2.05) is 103 Å². The van der Waals surface area contributed by atoms with Gasteiger partial charge in [-0.3, -0.25) is 4.79 Å². The van der Waals surface area contributed by atoms with Gasteiger partial charge in [0.1, 0.15) is 16.8 Å². The fraction of sp³-hybridized carbons (Fsp3) is 0.0645. The maximum Gasteiger partial charge on any atom is 0.234 e. The molecule has 37 heavy (non-hydrogen) atoms. The summed E-state index contributed by atoms with van der Waals surface area (Å²) < 4.78 is 5.58. The molecule has 0 unspecified atom stereocenters. The van der Waals surface area contributed by atoms with Crippen LogP contribution in [-0.2, 0) is 4.79 Å². The van der Waals surface area contributed by atoms with Gasteiger partial charge in [0.25, 0.3) is 0 Å². The van der Waals surface area contributed by atoms with Crippen molar-refractivity contribution in [3.8, 4) is 34.2 Å². The summed E-state index contributed by atoms with van der Waals surface area (Å²) in [6, 6.07) is 35.3. The molecule has 5 aromatic rings. The van der Waals surface area contributed by atoms with Gasteiger partial charge in [-0.25, -0.2) is 4.98 Å². The number of benzene rings is 4. The summed E-state index contributed by atoms with van der Waals surface area (Å²) in [4.78, 5) is 17.8. The summed E-state index contributed by atoms with van der Waals surface area (Å²) in [5.74, 6) is 0.596. The molecule has 5 rings (SSSR count). The number of thioether (sulfide) groups is 1. The Morgan fingerprint density at radius 3 is 2.46 bits per heavy atom. The molecule has 0 saturated heterocycles. The fourth-order valence-electron chi connectivity index (χ4n) is 4.23. The Bertz CT molecular complexity index is 1620. The molecule has 1 heterocycles. The number of nitrogens with one attached hydrogen (secondary N) is 1. The van der Waals surface area contributed by atoms with E-state index >= 15 is 0 Å². The molecule has 6 heteroatoms. The lowest BCUT2D eigenvalue weighted by atomic mass is 9.98. The number of anilines is 1. The molecular weight excluding hydrogens is 478 g/mol. The van der Waals surface area contributed by atoms with Gasteiger partial charge in [0.05, 0.1) is 24.1 Å². The highest BCUT2D eigenvalue weighted by atomic mass is 32.2. The van der Waals surface area contributed by atoms with Gasteiger partial charge in [0.15, 0.2) is 0 Å². The minimum atomic E-state index is -0.170. The largest absolute Gasteiger partial charge is 0.496 e. The zero-order valence-corrected chi connectivity index (χ0v) is 21.0. The zero-order chi connectivity index (χ0) is 25.6. The van der Waals surface area contributed by atoms with E-state index in [9.17, 15) is 10.1 Å². The van der Waals surface area contributed by atoms with Crippen LogP contribution in [0.5, 0.6) is 5.75 Å². The van der Waals surface area contributed by atoms with Crippen LogP contribution in [0.4, 0.5) is 5.69 Å². The van der Waals surface area contributed by atoms with Crippen molar-refractivity contribution < 1.29 is 9.53 Å². The minimum Gasteiger partial charge on any atom is -0.496 e. The predicted molar refractivity (Wildman–Crippen MR) is 150 cm³/mol. The van der Waals surface area contributed by atoms with Crippen LogP contribution in [0.2, 0.25) is 0 Å². The van der Waals surface area contributed by atoms with Gasteiger partial charge in [-0.15, -0.1) is 0 Å². The molecule has 5 nitrogen and oxygen atoms in total. The van der Waals surface area contributed by atoms with E-state index < -0.39 is 0 Å². The lowest BCUT2D eigenvalue weighted by molar-refractivity contribution is -0.113. The number of nitrogens with zero attached hydrogens (tertiary/aromatic N) is 2. The van der Waals surface area contributed by atoms with E-state index in [4.69, 9.17) is 9.72 Å². The second-order valence-electron chi connectivity index (χ2n) is 8.28. The van der Waals surface area contributed by atoms with E-state index in [1.165, 1.54) is 11.8 Å². The van der Waals surface area contributed by atoms with E-state index in [0.29, 0.717) is 21.9 Å². The van der Waals surface area contributed by atoms with E-state index in [-0.39, 0.29) is 11.7 Å². The molecule has 0 fully saturated rings. The van der Waals surface area contributed by atoms with Gasteiger partial charge >= 0.3 is 0 Å². The highest BCUT2D eigenvalue weighted by Crippen LogP contribution is 2.38. The average Bonchev–Trinajstić information content (AvgIpc) is 2.96. The van der Waals surface area contributed by atoms with Crippen molar-refractivity contribution in [2.24, 2.45) is 0 Å². The van der Waals surface area contributed by atoms with Gasteiger partial charge < -0.3 is 10.1 Å². The predicted octanol–water partition coefficient (Wildman–Crippen LogP) is 7.18. The van der Waals surface area contributed by atoms with Gasteiger partial charge in [-0.1, -0.05) is 96.7 Å². The van der Waals surface area contributed by atoms with Crippen LogP contribution in [0.3, 0.4) is 0 Å². The number of nitriles is 1. The monoisotopic (exact) mass is 501 g/mol. The van der Waals surface area contributed by atoms with Crippen LogP contribution in [0.25, 0.3) is 33.2 Å². The molecule has 0 aliphatic rings. The third kappa shape index (κ3) is 5.18. The molecule has 0 atom stereocenters. The Hall–Kier alpha value is -4.60. The summed E-state index contributed by atoms with van der Waals surface area (Å²) >= 11 is 1.25. The first kappa shape index (κ1) is 24.1. The summed E-state index contributed by atoms with van der Waals surface area (Å²) in [6.45, 7) is 0. The van der Waals surface area contributed by atoms with Crippen molar-refractivity contribution in [3.63, 3.8) is 0 Å². The van der Waals surface area contributed by atoms with Crippen molar-refractivity contribution in [1.29, 1.82) is 5.26 Å². The number of carbonyl (C=O) groups excluding carboxylic acids is 1. The Balaban J connectivity index is 1.50. The first-order valence-corrected chi connectivity index (χ1v) is 12.7. The number of fused-ring (bicyclic) bond motifs is 1. The topological polar surface area (TPSA) is 75.0 Å². The number of methoxy groups -OCH3 is 1. The molecule has 0 bridgehead atoms. The molecular formula is C31H23N3O2S. The standard InChI is InChI=1S/C31H23N3O2S/c1-36-29-17-8-7-15-24(29)25-18-28(22-11-3-2-4-12-22)34-31(26(25)19-32)37-20-30(35)33-27-16-9-13-21-10-5-6-14-23(21)27/h2-18H,20H2,1H3,(H,33,35). The summed E-state index contributed by atoms with van der Waals surface area (Å²) in [6.07, 6.45) is 0. The maximum absolute atomic E-state index is 13.0. The highest BCUT2D eigenvalue weighted by Gasteiger charge is 2.19. The Morgan fingerprint density at radius 1 is 0.919 bits per heavy atom. The third-order valence-corrected chi connectivity index (χ3v) is 6.94. The normalized spacial score (nSPS) is 10.6. The second kappa shape index (κ2) is 11.0. The lowest BCUT2D eigenvalue weighted by Crippen LogP contribution is -2.14. The van der Waals surface area contributed by atoms with Gasteiger partial charge in [-0.2, -0.15) is 5.26 Å². The highest BCUT2D eigenvalue weighted by molar-refractivity contribution is 8.00. The number of para-hydroxylation sites is 1. The quantitative estimate of drug-likeness (QED) is 0.239. The van der Waals surface area contributed by atoms with Crippen LogP contribution < -0.4 is 10.1 Å². The number of ether oxygens (including phenoxy) is 1. The summed E-state index contributed by atoms with van der Waals surface area (Å²) in [7, 11) is 1.61. The Kier molecular flexibility index (Phi) is 7.16. The fourth-order valence-corrected chi connectivity index (χ4v) is 5.03. The summed E-state index contributed by atoms with van der Waals surface area (Å²) in [5.41, 5.74) is 4.31. The van der Waals surface area contributed by atoms with Crippen molar-refractivity contribution >= 4 is 34.1 Å². The van der Waals surface area contributed by atoms with Crippen molar-refractivity contribution in [3.05, 3.63) is 109 Å². The molecule has 0 spiro atoms. The number of hydrogen-bond donors (Lipinski definition) is 1. The average molecular weight is 502 g/mol. The minimum absolute atomic E-state index is 0.106. The Labute approximate surface area is 219 Å². The number of rotatable bonds is 7. The molecule has 0 aliphatic heterocycles. The summed E-state index contributed by atoms with van der Waals surface area (Å²) in [5, 5.41) is 15.7. The number of hydrogen-bond acceptors (Lipinski definition) is 5. The van der Waals surface area contributed by atoms with Crippen LogP contribution in [-0.4, -0.2) is 23.8 Å². The van der Waals surface area contributed by atoms with Gasteiger partial charge in [-0.05, 0) is 23.6 Å². The van der Waals surface area contributed by atoms with Crippen LogP contribution in [0.1, 0.15) is 5.56 Å². The molecule has 180 valence electrons. The molecule has 0 saturated carbocycles. The molecule has 1 amide bonds. The molecule has 4 aromatic carbocycles. The zero-order valence-electron chi connectivity index (χ0n) is 20.1. The van der Waals surface area contributed by atoms with Crippen LogP contribution in [0, 0.1) is 11.3 Å². The SMILES string of the molecule is COc1ccccc1-c1cc(-c2ccccc2)nc(SCC(=O)Nc2cccc3ccccc23)c1C#N. The Morgan fingerprint density at radius 2 is 1.65 bits per heavy atom. The third-order valence-electron chi connectivity index (χ3n) is 5.97. The first-order valence-electron chi connectivity index (χ1n) is 11.7. The molecule has 1 N–H and O–H groups in total. The van der Waals surface area contributed by atoms with Gasteiger partial charge in [0.2, 0.25) is 5.91 Å². The first-order chi connectivity index (χ1) is 18.2. The van der Waals surface area contributed by atoms with Crippen LogP contribution in [0.15, 0.2) is 108 Å².